The maximum Gasteiger partial charge on any atom is 0.170 e. The lowest BCUT2D eigenvalue weighted by atomic mass is 10.0. The summed E-state index contributed by atoms with van der Waals surface area (Å²) in [6, 6.07) is 16.8. The SMILES string of the molecule is O=C(Cc1ccc(I)cc1)C(O)c1ccccc1. The van der Waals surface area contributed by atoms with Gasteiger partial charge in [0.15, 0.2) is 5.78 Å². The normalized spacial score (nSPS) is 12.1. The zero-order valence-corrected chi connectivity index (χ0v) is 11.9. The van der Waals surface area contributed by atoms with Crippen LogP contribution in [0, 0.1) is 3.57 Å². The van der Waals surface area contributed by atoms with E-state index < -0.39 is 6.10 Å². The maximum atomic E-state index is 11.9. The number of Topliss-reactive ketones (excluding diaryl/α,β-unsaturated/α-hetero) is 1. The zero-order chi connectivity index (χ0) is 13.0. The third-order valence-corrected chi connectivity index (χ3v) is 3.43. The summed E-state index contributed by atoms with van der Waals surface area (Å²) in [4.78, 5) is 11.9. The van der Waals surface area contributed by atoms with Crippen LogP contribution in [0.1, 0.15) is 17.2 Å². The number of aliphatic hydroxyl groups excluding tert-OH is 1. The zero-order valence-electron chi connectivity index (χ0n) is 9.71. The minimum Gasteiger partial charge on any atom is -0.381 e. The predicted molar refractivity (Wildman–Crippen MR) is 79.3 cm³/mol. The Balaban J connectivity index is 2.06. The van der Waals surface area contributed by atoms with Gasteiger partial charge in [-0.25, -0.2) is 0 Å². The fourth-order valence-corrected chi connectivity index (χ4v) is 2.08. The molecule has 0 radical (unpaired) electrons. The number of carbonyl (C=O) groups is 1. The summed E-state index contributed by atoms with van der Waals surface area (Å²) < 4.78 is 1.13. The molecular weight excluding hydrogens is 339 g/mol. The van der Waals surface area contributed by atoms with Crippen LogP contribution in [0.4, 0.5) is 0 Å². The van der Waals surface area contributed by atoms with E-state index in [0.717, 1.165) is 9.13 Å². The summed E-state index contributed by atoms with van der Waals surface area (Å²) in [5.41, 5.74) is 1.57. The van der Waals surface area contributed by atoms with E-state index in [2.05, 4.69) is 22.6 Å². The highest BCUT2D eigenvalue weighted by Gasteiger charge is 2.16. The lowest BCUT2D eigenvalue weighted by molar-refractivity contribution is -0.126. The van der Waals surface area contributed by atoms with E-state index in [1.54, 1.807) is 12.1 Å². The van der Waals surface area contributed by atoms with Crippen molar-refractivity contribution in [3.05, 3.63) is 69.3 Å². The highest BCUT2D eigenvalue weighted by Crippen LogP contribution is 2.16. The Labute approximate surface area is 120 Å². The van der Waals surface area contributed by atoms with Gasteiger partial charge in [-0.1, -0.05) is 42.5 Å². The molecule has 0 aliphatic rings. The van der Waals surface area contributed by atoms with Crippen molar-refractivity contribution in [2.24, 2.45) is 0 Å². The highest BCUT2D eigenvalue weighted by molar-refractivity contribution is 14.1. The molecule has 0 bridgehead atoms. The minimum atomic E-state index is -1.04. The molecule has 0 aliphatic heterocycles. The molecule has 3 heteroatoms. The monoisotopic (exact) mass is 352 g/mol. The molecule has 0 heterocycles. The van der Waals surface area contributed by atoms with E-state index in [1.165, 1.54) is 0 Å². The molecule has 2 nitrogen and oxygen atoms in total. The average Bonchev–Trinajstić information content (AvgIpc) is 2.41. The van der Waals surface area contributed by atoms with Gasteiger partial charge in [-0.15, -0.1) is 0 Å². The molecule has 0 saturated heterocycles. The van der Waals surface area contributed by atoms with Crippen molar-refractivity contribution in [1.82, 2.24) is 0 Å². The van der Waals surface area contributed by atoms with Gasteiger partial charge in [-0.3, -0.25) is 4.79 Å². The van der Waals surface area contributed by atoms with E-state index >= 15 is 0 Å². The summed E-state index contributed by atoms with van der Waals surface area (Å²) in [5.74, 6) is -0.178. The highest BCUT2D eigenvalue weighted by atomic mass is 127. The predicted octanol–water partition coefficient (Wildman–Crippen LogP) is 3.14. The van der Waals surface area contributed by atoms with Crippen LogP contribution in [0.5, 0.6) is 0 Å². The molecule has 0 saturated carbocycles. The summed E-state index contributed by atoms with van der Waals surface area (Å²) in [6.07, 6.45) is -0.780. The average molecular weight is 352 g/mol. The van der Waals surface area contributed by atoms with Crippen LogP contribution in [-0.4, -0.2) is 10.9 Å². The first-order valence-electron chi connectivity index (χ1n) is 5.67. The smallest absolute Gasteiger partial charge is 0.170 e. The van der Waals surface area contributed by atoms with Crippen molar-refractivity contribution in [2.75, 3.05) is 0 Å². The van der Waals surface area contributed by atoms with Gasteiger partial charge in [0.25, 0.3) is 0 Å². The van der Waals surface area contributed by atoms with E-state index in [-0.39, 0.29) is 12.2 Å². The molecule has 0 aromatic heterocycles. The van der Waals surface area contributed by atoms with Crippen molar-refractivity contribution < 1.29 is 9.90 Å². The molecular formula is C15H13IO2. The largest absolute Gasteiger partial charge is 0.381 e. The molecule has 2 aromatic carbocycles. The molecule has 18 heavy (non-hydrogen) atoms. The Morgan fingerprint density at radius 3 is 2.28 bits per heavy atom. The molecule has 0 amide bonds. The number of hydrogen-bond donors (Lipinski definition) is 1. The molecule has 1 atom stereocenters. The standard InChI is InChI=1S/C15H13IO2/c16-13-8-6-11(7-9-13)10-14(17)15(18)12-4-2-1-3-5-12/h1-9,15,18H,10H2. The van der Waals surface area contributed by atoms with E-state index in [9.17, 15) is 9.90 Å². The van der Waals surface area contributed by atoms with Crippen LogP contribution >= 0.6 is 22.6 Å². The summed E-state index contributed by atoms with van der Waals surface area (Å²) in [7, 11) is 0. The molecule has 2 rings (SSSR count). The van der Waals surface area contributed by atoms with Gasteiger partial charge in [0.1, 0.15) is 6.10 Å². The second-order valence-electron chi connectivity index (χ2n) is 4.08. The van der Waals surface area contributed by atoms with Gasteiger partial charge in [0.05, 0.1) is 0 Å². The number of aliphatic hydroxyl groups is 1. The molecule has 1 unspecified atom stereocenters. The number of hydrogen-bond acceptors (Lipinski definition) is 2. The van der Waals surface area contributed by atoms with Gasteiger partial charge in [-0.05, 0) is 45.9 Å². The van der Waals surface area contributed by atoms with Gasteiger partial charge >= 0.3 is 0 Å². The molecule has 1 N–H and O–H groups in total. The Morgan fingerprint density at radius 1 is 1.06 bits per heavy atom. The minimum absolute atomic E-state index is 0.178. The van der Waals surface area contributed by atoms with Crippen LogP contribution in [0.2, 0.25) is 0 Å². The first-order valence-corrected chi connectivity index (χ1v) is 6.75. The maximum absolute atomic E-state index is 11.9. The number of rotatable bonds is 4. The molecule has 0 aliphatic carbocycles. The third kappa shape index (κ3) is 3.40. The lowest BCUT2D eigenvalue weighted by Crippen LogP contribution is -2.14. The molecule has 0 fully saturated rings. The van der Waals surface area contributed by atoms with Crippen molar-refractivity contribution >= 4 is 28.4 Å². The van der Waals surface area contributed by atoms with Crippen molar-refractivity contribution in [3.63, 3.8) is 0 Å². The summed E-state index contributed by atoms with van der Waals surface area (Å²) >= 11 is 2.22. The number of ketones is 1. The van der Waals surface area contributed by atoms with Crippen LogP contribution in [0.3, 0.4) is 0 Å². The van der Waals surface area contributed by atoms with Crippen molar-refractivity contribution in [1.29, 1.82) is 0 Å². The lowest BCUT2D eigenvalue weighted by Gasteiger charge is -2.09. The number of carbonyl (C=O) groups excluding carboxylic acids is 1. The van der Waals surface area contributed by atoms with Gasteiger partial charge in [0, 0.05) is 9.99 Å². The number of benzene rings is 2. The Bertz CT molecular complexity index is 520. The van der Waals surface area contributed by atoms with Crippen LogP contribution in [-0.2, 0) is 11.2 Å². The molecule has 2 aromatic rings. The fourth-order valence-electron chi connectivity index (χ4n) is 1.72. The summed E-state index contributed by atoms with van der Waals surface area (Å²) in [5, 5.41) is 9.95. The van der Waals surface area contributed by atoms with Crippen LogP contribution < -0.4 is 0 Å². The molecule has 0 spiro atoms. The van der Waals surface area contributed by atoms with E-state index in [4.69, 9.17) is 0 Å². The quantitative estimate of drug-likeness (QED) is 0.859. The topological polar surface area (TPSA) is 37.3 Å². The Kier molecular flexibility index (Phi) is 4.49. The van der Waals surface area contributed by atoms with Gasteiger partial charge in [-0.2, -0.15) is 0 Å². The van der Waals surface area contributed by atoms with Crippen LogP contribution in [0.25, 0.3) is 0 Å². The first kappa shape index (κ1) is 13.2. The molecule has 92 valence electrons. The van der Waals surface area contributed by atoms with E-state index in [1.807, 2.05) is 42.5 Å². The van der Waals surface area contributed by atoms with Crippen molar-refractivity contribution in [2.45, 2.75) is 12.5 Å². The van der Waals surface area contributed by atoms with Gasteiger partial charge in [0.2, 0.25) is 0 Å². The third-order valence-electron chi connectivity index (χ3n) is 2.71. The second kappa shape index (κ2) is 6.11. The number of halogens is 1. The Morgan fingerprint density at radius 2 is 1.67 bits per heavy atom. The second-order valence-corrected chi connectivity index (χ2v) is 5.33. The van der Waals surface area contributed by atoms with Crippen LogP contribution in [0.15, 0.2) is 54.6 Å². The fraction of sp³-hybridized carbons (Fsp3) is 0.133. The first-order chi connectivity index (χ1) is 8.66. The Hall–Kier alpha value is -1.20. The summed E-state index contributed by atoms with van der Waals surface area (Å²) in [6.45, 7) is 0. The van der Waals surface area contributed by atoms with Gasteiger partial charge < -0.3 is 5.11 Å². The van der Waals surface area contributed by atoms with E-state index in [0.29, 0.717) is 5.56 Å². The van der Waals surface area contributed by atoms with Crippen molar-refractivity contribution in [3.8, 4) is 0 Å².